The number of fused-ring (bicyclic) bond motifs is 1. The van der Waals surface area contributed by atoms with Crippen molar-refractivity contribution in [2.24, 2.45) is 11.3 Å². The summed E-state index contributed by atoms with van der Waals surface area (Å²) in [6.07, 6.45) is 0.948. The molecule has 1 saturated carbocycles. The summed E-state index contributed by atoms with van der Waals surface area (Å²) in [5.41, 5.74) is -1.31. The predicted octanol–water partition coefficient (Wildman–Crippen LogP) is 0.624. The molecule has 0 aromatic rings. The normalized spacial score (nSPS) is 48.6. The molecule has 3 atom stereocenters. The lowest BCUT2D eigenvalue weighted by Gasteiger charge is -2.32. The van der Waals surface area contributed by atoms with E-state index in [9.17, 15) is 9.90 Å². The van der Waals surface area contributed by atoms with E-state index in [4.69, 9.17) is 0 Å². The molecule has 0 aromatic carbocycles. The van der Waals surface area contributed by atoms with Gasteiger partial charge in [0.2, 0.25) is 0 Å². The van der Waals surface area contributed by atoms with Crippen LogP contribution in [0.1, 0.15) is 27.2 Å². The van der Waals surface area contributed by atoms with E-state index in [2.05, 4.69) is 0 Å². The maximum Gasteiger partial charge on any atom is 0.255 e. The maximum atomic E-state index is 11.8. The molecular formula is C10H17NO2. The van der Waals surface area contributed by atoms with Crippen molar-refractivity contribution in [3.63, 3.8) is 0 Å². The molecule has 2 rings (SSSR count). The Morgan fingerprint density at radius 1 is 1.62 bits per heavy atom. The Morgan fingerprint density at radius 3 is 2.38 bits per heavy atom. The van der Waals surface area contributed by atoms with Crippen LogP contribution in [0.4, 0.5) is 0 Å². The summed E-state index contributed by atoms with van der Waals surface area (Å²) in [6, 6.07) is 0.271. The van der Waals surface area contributed by atoms with Crippen molar-refractivity contribution < 1.29 is 9.90 Å². The first-order chi connectivity index (χ1) is 5.85. The van der Waals surface area contributed by atoms with E-state index in [0.717, 1.165) is 6.42 Å². The Bertz CT molecular complexity index is 276. The van der Waals surface area contributed by atoms with E-state index in [1.807, 2.05) is 20.8 Å². The molecule has 3 heteroatoms. The summed E-state index contributed by atoms with van der Waals surface area (Å²) >= 11 is 0. The number of aliphatic hydroxyl groups is 1. The molecule has 74 valence electrons. The van der Waals surface area contributed by atoms with Crippen LogP contribution in [0, 0.1) is 11.3 Å². The fraction of sp³-hybridized carbons (Fsp3) is 0.900. The predicted molar refractivity (Wildman–Crippen MR) is 49.1 cm³/mol. The van der Waals surface area contributed by atoms with Gasteiger partial charge in [-0.25, -0.2) is 0 Å². The third-order valence-electron chi connectivity index (χ3n) is 4.01. The highest BCUT2D eigenvalue weighted by Gasteiger charge is 2.75. The second kappa shape index (κ2) is 2.08. The summed E-state index contributed by atoms with van der Waals surface area (Å²) in [6.45, 7) is 5.84. The molecule has 0 aromatic heterocycles. The van der Waals surface area contributed by atoms with Crippen molar-refractivity contribution >= 4 is 5.91 Å². The van der Waals surface area contributed by atoms with Crippen molar-refractivity contribution in [2.75, 3.05) is 7.05 Å². The average molecular weight is 183 g/mol. The van der Waals surface area contributed by atoms with E-state index < -0.39 is 5.60 Å². The molecule has 3 nitrogen and oxygen atoms in total. The Hall–Kier alpha value is -0.570. The van der Waals surface area contributed by atoms with Gasteiger partial charge in [0.15, 0.2) is 5.60 Å². The number of hydrogen-bond donors (Lipinski definition) is 1. The number of carbonyl (C=O) groups is 1. The highest BCUT2D eigenvalue weighted by atomic mass is 16.3. The first-order valence-electron chi connectivity index (χ1n) is 4.85. The molecular weight excluding hydrogens is 166 g/mol. The molecule has 1 amide bonds. The minimum Gasteiger partial charge on any atom is -0.379 e. The van der Waals surface area contributed by atoms with E-state index in [1.165, 1.54) is 0 Å². The van der Waals surface area contributed by atoms with Gasteiger partial charge < -0.3 is 10.0 Å². The van der Waals surface area contributed by atoms with Gasteiger partial charge in [-0.15, -0.1) is 0 Å². The van der Waals surface area contributed by atoms with E-state index >= 15 is 0 Å². The summed E-state index contributed by atoms with van der Waals surface area (Å²) < 4.78 is 0. The van der Waals surface area contributed by atoms with Crippen LogP contribution in [-0.4, -0.2) is 34.6 Å². The lowest BCUT2D eigenvalue weighted by Crippen LogP contribution is -2.50. The molecule has 0 radical (unpaired) electrons. The van der Waals surface area contributed by atoms with Gasteiger partial charge in [0.25, 0.3) is 5.91 Å². The van der Waals surface area contributed by atoms with Crippen LogP contribution >= 0.6 is 0 Å². The maximum absolute atomic E-state index is 11.8. The number of amides is 1. The second-order valence-corrected chi connectivity index (χ2v) is 4.97. The number of likely N-dealkylation sites (N-methyl/N-ethyl adjacent to an activating group) is 1. The van der Waals surface area contributed by atoms with E-state index in [-0.39, 0.29) is 23.3 Å². The Labute approximate surface area is 78.7 Å². The van der Waals surface area contributed by atoms with E-state index in [0.29, 0.717) is 0 Å². The minimum absolute atomic E-state index is 0.0000463. The molecule has 1 saturated heterocycles. The summed E-state index contributed by atoms with van der Waals surface area (Å²) in [5.74, 6) is -0.0961. The minimum atomic E-state index is -1.12. The van der Waals surface area contributed by atoms with Crippen LogP contribution in [0.2, 0.25) is 0 Å². The largest absolute Gasteiger partial charge is 0.379 e. The van der Waals surface area contributed by atoms with Crippen molar-refractivity contribution in [1.29, 1.82) is 0 Å². The Kier molecular flexibility index (Phi) is 1.44. The first-order valence-corrected chi connectivity index (χ1v) is 4.85. The fourth-order valence-corrected chi connectivity index (χ4v) is 2.88. The van der Waals surface area contributed by atoms with Gasteiger partial charge in [0.05, 0.1) is 0 Å². The molecule has 2 aliphatic rings. The average Bonchev–Trinajstić information content (AvgIpc) is 2.70. The number of piperidine rings is 1. The van der Waals surface area contributed by atoms with Gasteiger partial charge in [-0.05, 0) is 12.3 Å². The van der Waals surface area contributed by atoms with Crippen molar-refractivity contribution in [1.82, 2.24) is 4.90 Å². The lowest BCUT2D eigenvalue weighted by molar-refractivity contribution is -0.154. The monoisotopic (exact) mass is 183 g/mol. The molecule has 0 bridgehead atoms. The highest BCUT2D eigenvalue weighted by molar-refractivity contribution is 5.91. The van der Waals surface area contributed by atoms with Gasteiger partial charge in [-0.3, -0.25) is 4.79 Å². The zero-order valence-corrected chi connectivity index (χ0v) is 8.66. The van der Waals surface area contributed by atoms with Crippen molar-refractivity contribution in [3.8, 4) is 0 Å². The summed E-state index contributed by atoms with van der Waals surface area (Å²) in [5, 5.41) is 10.4. The molecule has 2 fully saturated rings. The number of likely N-dealkylation sites (tertiary alicyclic amines) is 1. The second-order valence-electron chi connectivity index (χ2n) is 4.97. The fourth-order valence-electron chi connectivity index (χ4n) is 2.88. The number of nitrogens with zero attached hydrogens (tertiary/aromatic N) is 1. The third kappa shape index (κ3) is 0.725. The van der Waals surface area contributed by atoms with Crippen LogP contribution in [0.15, 0.2) is 0 Å². The quantitative estimate of drug-likeness (QED) is 0.647. The van der Waals surface area contributed by atoms with E-state index in [1.54, 1.807) is 11.9 Å². The molecule has 1 unspecified atom stereocenters. The highest BCUT2D eigenvalue weighted by Crippen LogP contribution is 2.63. The first kappa shape index (κ1) is 9.00. The van der Waals surface area contributed by atoms with Crippen molar-refractivity contribution in [3.05, 3.63) is 0 Å². The number of hydrogen-bond acceptors (Lipinski definition) is 2. The number of carbonyl (C=O) groups excluding carboxylic acids is 1. The lowest BCUT2D eigenvalue weighted by atomic mass is 9.78. The molecule has 1 N–H and O–H groups in total. The molecule has 1 aliphatic carbocycles. The topological polar surface area (TPSA) is 40.5 Å². The van der Waals surface area contributed by atoms with Crippen molar-refractivity contribution in [2.45, 2.75) is 38.8 Å². The van der Waals surface area contributed by atoms with Crippen LogP contribution < -0.4 is 0 Å². The van der Waals surface area contributed by atoms with Crippen LogP contribution in [-0.2, 0) is 4.79 Å². The smallest absolute Gasteiger partial charge is 0.255 e. The summed E-state index contributed by atoms with van der Waals surface area (Å²) in [4.78, 5) is 13.5. The van der Waals surface area contributed by atoms with Gasteiger partial charge in [-0.2, -0.15) is 0 Å². The molecule has 0 spiro atoms. The summed E-state index contributed by atoms with van der Waals surface area (Å²) in [7, 11) is 1.79. The van der Waals surface area contributed by atoms with Crippen LogP contribution in [0.25, 0.3) is 0 Å². The molecule has 1 aliphatic heterocycles. The standard InChI is InChI=1S/C10H17NO2/c1-6(2)10(13)8(12)11(4)7-5-9(7,10)3/h6-7,13H,5H2,1-4H3/t7-,9?,10-/m1/s1. The van der Waals surface area contributed by atoms with Gasteiger partial charge >= 0.3 is 0 Å². The van der Waals surface area contributed by atoms with Crippen LogP contribution in [0.5, 0.6) is 0 Å². The third-order valence-corrected chi connectivity index (χ3v) is 4.01. The number of rotatable bonds is 1. The zero-order valence-electron chi connectivity index (χ0n) is 8.66. The van der Waals surface area contributed by atoms with Gasteiger partial charge in [0.1, 0.15) is 0 Å². The van der Waals surface area contributed by atoms with Crippen LogP contribution in [0.3, 0.4) is 0 Å². The Balaban J connectivity index is 2.43. The van der Waals surface area contributed by atoms with Gasteiger partial charge in [-0.1, -0.05) is 20.8 Å². The SMILES string of the molecule is CC(C)[C@@]1(O)C(=O)N(C)[C@@H]2CC21C. The van der Waals surface area contributed by atoms with Gasteiger partial charge in [0, 0.05) is 18.5 Å². The molecule has 1 heterocycles. The Morgan fingerprint density at radius 2 is 2.15 bits per heavy atom. The zero-order chi connectivity index (χ0) is 10.0. The molecule has 13 heavy (non-hydrogen) atoms.